The lowest BCUT2D eigenvalue weighted by Gasteiger charge is -2.07. The van der Waals surface area contributed by atoms with E-state index in [1.165, 1.54) is 0 Å². The standard InChI is InChI=1S/C10H13NOS/c1-7(2)11-10(12)8-3-5-9(13)6-4-8/h3-7,13H,1-2H3,(H,11,12). The Bertz CT molecular complexity index is 292. The van der Waals surface area contributed by atoms with Crippen molar-refractivity contribution in [3.8, 4) is 0 Å². The highest BCUT2D eigenvalue weighted by Gasteiger charge is 2.05. The lowest BCUT2D eigenvalue weighted by molar-refractivity contribution is 0.0943. The van der Waals surface area contributed by atoms with Gasteiger partial charge in [-0.15, -0.1) is 12.6 Å². The van der Waals surface area contributed by atoms with E-state index in [0.717, 1.165) is 4.90 Å². The average molecular weight is 195 g/mol. The molecule has 0 aliphatic rings. The van der Waals surface area contributed by atoms with Crippen molar-refractivity contribution in [1.82, 2.24) is 5.32 Å². The molecule has 0 radical (unpaired) electrons. The van der Waals surface area contributed by atoms with Gasteiger partial charge in [0, 0.05) is 16.5 Å². The summed E-state index contributed by atoms with van der Waals surface area (Å²) in [7, 11) is 0. The van der Waals surface area contributed by atoms with E-state index in [4.69, 9.17) is 0 Å². The van der Waals surface area contributed by atoms with Crippen LogP contribution in [0.25, 0.3) is 0 Å². The maximum atomic E-state index is 11.4. The summed E-state index contributed by atoms with van der Waals surface area (Å²) in [6, 6.07) is 7.31. The van der Waals surface area contributed by atoms with Crippen molar-refractivity contribution in [3.63, 3.8) is 0 Å². The van der Waals surface area contributed by atoms with Crippen LogP contribution in [0.15, 0.2) is 29.2 Å². The largest absolute Gasteiger partial charge is 0.350 e. The molecule has 0 spiro atoms. The molecule has 0 aliphatic carbocycles. The summed E-state index contributed by atoms with van der Waals surface area (Å²) in [5.74, 6) is -0.0386. The minimum Gasteiger partial charge on any atom is -0.350 e. The van der Waals surface area contributed by atoms with E-state index in [1.54, 1.807) is 24.3 Å². The molecule has 0 unspecified atom stereocenters. The van der Waals surface area contributed by atoms with Gasteiger partial charge >= 0.3 is 0 Å². The fourth-order valence-corrected chi connectivity index (χ4v) is 1.11. The molecule has 0 bridgehead atoms. The van der Waals surface area contributed by atoms with Crippen LogP contribution in [0.1, 0.15) is 24.2 Å². The van der Waals surface area contributed by atoms with Gasteiger partial charge in [0.1, 0.15) is 0 Å². The van der Waals surface area contributed by atoms with E-state index in [2.05, 4.69) is 17.9 Å². The molecule has 1 aromatic carbocycles. The summed E-state index contributed by atoms with van der Waals surface area (Å²) in [4.78, 5) is 12.3. The second-order valence-electron chi connectivity index (χ2n) is 3.18. The van der Waals surface area contributed by atoms with E-state index in [0.29, 0.717) is 5.56 Å². The number of amides is 1. The van der Waals surface area contributed by atoms with Crippen LogP contribution in [-0.4, -0.2) is 11.9 Å². The van der Waals surface area contributed by atoms with Crippen molar-refractivity contribution in [2.45, 2.75) is 24.8 Å². The van der Waals surface area contributed by atoms with Gasteiger partial charge in [-0.2, -0.15) is 0 Å². The van der Waals surface area contributed by atoms with Crippen LogP contribution in [0.4, 0.5) is 0 Å². The molecule has 0 fully saturated rings. The monoisotopic (exact) mass is 195 g/mol. The third-order valence-corrected chi connectivity index (χ3v) is 1.85. The number of hydrogen-bond donors (Lipinski definition) is 2. The first-order chi connectivity index (χ1) is 6.09. The minimum absolute atomic E-state index is 0.0386. The molecule has 1 rings (SSSR count). The van der Waals surface area contributed by atoms with Gasteiger partial charge in [0.05, 0.1) is 0 Å². The predicted octanol–water partition coefficient (Wildman–Crippen LogP) is 2.11. The number of hydrogen-bond acceptors (Lipinski definition) is 2. The molecule has 3 heteroatoms. The third kappa shape index (κ3) is 3.11. The van der Waals surface area contributed by atoms with Crippen LogP contribution in [0.3, 0.4) is 0 Å². The third-order valence-electron chi connectivity index (χ3n) is 1.55. The molecule has 0 aromatic heterocycles. The Morgan fingerprint density at radius 2 is 1.85 bits per heavy atom. The molecule has 70 valence electrons. The molecule has 13 heavy (non-hydrogen) atoms. The smallest absolute Gasteiger partial charge is 0.251 e. The summed E-state index contributed by atoms with van der Waals surface area (Å²) in [5, 5.41) is 2.81. The van der Waals surface area contributed by atoms with Gasteiger partial charge in [-0.3, -0.25) is 4.79 Å². The zero-order valence-corrected chi connectivity index (χ0v) is 8.64. The van der Waals surface area contributed by atoms with Gasteiger partial charge in [-0.1, -0.05) is 0 Å². The van der Waals surface area contributed by atoms with Crippen LogP contribution >= 0.6 is 12.6 Å². The Kier molecular flexibility index (Phi) is 3.37. The fourth-order valence-electron chi connectivity index (χ4n) is 0.958. The lowest BCUT2D eigenvalue weighted by atomic mass is 10.2. The zero-order chi connectivity index (χ0) is 9.84. The normalized spacial score (nSPS) is 10.2. The Balaban J connectivity index is 2.72. The van der Waals surface area contributed by atoms with Crippen molar-refractivity contribution in [2.75, 3.05) is 0 Å². The number of rotatable bonds is 2. The van der Waals surface area contributed by atoms with E-state index >= 15 is 0 Å². The Morgan fingerprint density at radius 1 is 1.31 bits per heavy atom. The van der Waals surface area contributed by atoms with Gasteiger partial charge in [0.15, 0.2) is 0 Å². The van der Waals surface area contributed by atoms with Crippen molar-refractivity contribution >= 4 is 18.5 Å². The summed E-state index contributed by atoms with van der Waals surface area (Å²) in [6.45, 7) is 3.87. The van der Waals surface area contributed by atoms with Crippen molar-refractivity contribution in [1.29, 1.82) is 0 Å². The Hall–Kier alpha value is -0.960. The van der Waals surface area contributed by atoms with Gasteiger partial charge < -0.3 is 5.32 Å². The summed E-state index contributed by atoms with van der Waals surface area (Å²) in [6.07, 6.45) is 0. The topological polar surface area (TPSA) is 29.1 Å². The molecule has 0 heterocycles. The molecule has 0 saturated heterocycles. The highest BCUT2D eigenvalue weighted by molar-refractivity contribution is 7.80. The maximum absolute atomic E-state index is 11.4. The summed E-state index contributed by atoms with van der Waals surface area (Å²) < 4.78 is 0. The molecule has 1 N–H and O–H groups in total. The first-order valence-electron chi connectivity index (χ1n) is 4.19. The molecular weight excluding hydrogens is 182 g/mol. The second kappa shape index (κ2) is 4.33. The summed E-state index contributed by atoms with van der Waals surface area (Å²) >= 11 is 4.14. The first kappa shape index (κ1) is 10.1. The molecule has 0 saturated carbocycles. The van der Waals surface area contributed by atoms with Gasteiger partial charge in [0.2, 0.25) is 0 Å². The van der Waals surface area contributed by atoms with Crippen LogP contribution in [-0.2, 0) is 0 Å². The van der Waals surface area contributed by atoms with E-state index in [1.807, 2.05) is 13.8 Å². The Morgan fingerprint density at radius 3 is 2.31 bits per heavy atom. The maximum Gasteiger partial charge on any atom is 0.251 e. The van der Waals surface area contributed by atoms with E-state index in [9.17, 15) is 4.79 Å². The summed E-state index contributed by atoms with van der Waals surface area (Å²) in [5.41, 5.74) is 0.673. The molecule has 2 nitrogen and oxygen atoms in total. The zero-order valence-electron chi connectivity index (χ0n) is 7.74. The highest BCUT2D eigenvalue weighted by Crippen LogP contribution is 2.07. The molecule has 1 amide bonds. The number of benzene rings is 1. The van der Waals surface area contributed by atoms with E-state index < -0.39 is 0 Å². The SMILES string of the molecule is CC(C)NC(=O)c1ccc(S)cc1. The van der Waals surface area contributed by atoms with Crippen LogP contribution in [0.5, 0.6) is 0 Å². The number of nitrogens with one attached hydrogen (secondary N) is 1. The quantitative estimate of drug-likeness (QED) is 0.695. The Labute approximate surface area is 83.8 Å². The molecular formula is C10H13NOS. The number of carbonyl (C=O) groups excluding carboxylic acids is 1. The van der Waals surface area contributed by atoms with Crippen LogP contribution in [0.2, 0.25) is 0 Å². The first-order valence-corrected chi connectivity index (χ1v) is 4.64. The lowest BCUT2D eigenvalue weighted by Crippen LogP contribution is -2.29. The van der Waals surface area contributed by atoms with Gasteiger partial charge in [-0.25, -0.2) is 0 Å². The fraction of sp³-hybridized carbons (Fsp3) is 0.300. The molecule has 0 atom stereocenters. The van der Waals surface area contributed by atoms with Gasteiger partial charge in [-0.05, 0) is 38.1 Å². The minimum atomic E-state index is -0.0386. The average Bonchev–Trinajstić information content (AvgIpc) is 2.04. The van der Waals surface area contributed by atoms with Crippen LogP contribution in [0, 0.1) is 0 Å². The van der Waals surface area contributed by atoms with Crippen molar-refractivity contribution < 1.29 is 4.79 Å². The predicted molar refractivity (Wildman–Crippen MR) is 56.3 cm³/mol. The van der Waals surface area contributed by atoms with Crippen molar-refractivity contribution in [3.05, 3.63) is 29.8 Å². The van der Waals surface area contributed by atoms with Crippen LogP contribution < -0.4 is 5.32 Å². The van der Waals surface area contributed by atoms with Crippen molar-refractivity contribution in [2.24, 2.45) is 0 Å². The number of thiol groups is 1. The van der Waals surface area contributed by atoms with E-state index in [-0.39, 0.29) is 11.9 Å². The highest BCUT2D eigenvalue weighted by atomic mass is 32.1. The molecule has 0 aliphatic heterocycles. The second-order valence-corrected chi connectivity index (χ2v) is 3.69. The molecule has 1 aromatic rings. The van der Waals surface area contributed by atoms with Gasteiger partial charge in [0.25, 0.3) is 5.91 Å². The number of carbonyl (C=O) groups is 1.